The van der Waals surface area contributed by atoms with E-state index in [1.165, 1.54) is 9.80 Å². The number of carbonyl (C=O) groups excluding carboxylic acids is 5. The number of hydrogen-bond acceptors (Lipinski definition) is 8. The largest absolute Gasteiger partial charge is 0.465 e. The molecule has 0 aliphatic carbocycles. The summed E-state index contributed by atoms with van der Waals surface area (Å²) >= 11 is 3.67. The first-order chi connectivity index (χ1) is 29.7. The molecular formula is C46H47BrN6O9. The molecule has 7 rings (SSSR count). The maximum atomic E-state index is 14.0. The molecule has 0 bridgehead atoms. The van der Waals surface area contributed by atoms with Gasteiger partial charge in [-0.3, -0.25) is 19.2 Å². The molecular weight excluding hydrogens is 860 g/mol. The number of ether oxygens (including phenoxy) is 1. The number of fused-ring (bicyclic) bond motifs is 1. The first kappa shape index (κ1) is 43.4. The molecule has 0 spiro atoms. The molecule has 2 fully saturated rings. The third kappa shape index (κ3) is 9.92. The van der Waals surface area contributed by atoms with Crippen LogP contribution in [0.4, 0.5) is 21.0 Å². The van der Waals surface area contributed by atoms with Crippen LogP contribution >= 0.6 is 15.9 Å². The lowest BCUT2D eigenvalue weighted by molar-refractivity contribution is -0.138. The molecule has 2 aliphatic rings. The Morgan fingerprint density at radius 3 is 1.73 bits per heavy atom. The third-order valence-corrected chi connectivity index (χ3v) is 11.5. The van der Waals surface area contributed by atoms with Crippen LogP contribution in [0.1, 0.15) is 69.7 Å². The fraction of sp³-hybridized carbons (Fsp3) is 0.304. The maximum Gasteiger partial charge on any atom is 0.408 e. The highest BCUT2D eigenvalue weighted by atomic mass is 79.9. The molecule has 5 aromatic rings. The second kappa shape index (κ2) is 18.5. The number of rotatable bonds is 11. The summed E-state index contributed by atoms with van der Waals surface area (Å²) in [7, 11) is 0. The van der Waals surface area contributed by atoms with E-state index in [2.05, 4.69) is 37.2 Å². The van der Waals surface area contributed by atoms with Gasteiger partial charge in [0.1, 0.15) is 41.1 Å². The van der Waals surface area contributed by atoms with Gasteiger partial charge in [-0.1, -0.05) is 60.7 Å². The van der Waals surface area contributed by atoms with Crippen LogP contribution in [-0.2, 0) is 23.9 Å². The van der Waals surface area contributed by atoms with Crippen molar-refractivity contribution in [2.75, 3.05) is 23.7 Å². The summed E-state index contributed by atoms with van der Waals surface area (Å²) in [6.45, 7) is 5.87. The zero-order valence-corrected chi connectivity index (χ0v) is 35.9. The van der Waals surface area contributed by atoms with Gasteiger partial charge < -0.3 is 45.3 Å². The number of anilines is 2. The van der Waals surface area contributed by atoms with Crippen molar-refractivity contribution in [2.24, 2.45) is 0 Å². The molecule has 4 aromatic carbocycles. The van der Waals surface area contributed by atoms with Crippen molar-refractivity contribution in [1.29, 1.82) is 0 Å². The van der Waals surface area contributed by atoms with Gasteiger partial charge in [0.25, 0.3) is 11.8 Å². The van der Waals surface area contributed by atoms with E-state index >= 15 is 0 Å². The Bertz CT molecular complexity index is 2470. The molecule has 0 saturated carbocycles. The summed E-state index contributed by atoms with van der Waals surface area (Å²) in [6, 6.07) is 25.8. The molecule has 6 amide bonds. The van der Waals surface area contributed by atoms with Crippen LogP contribution in [0.2, 0.25) is 0 Å². The molecule has 1 aromatic heterocycles. The van der Waals surface area contributed by atoms with E-state index in [1.807, 2.05) is 6.07 Å². The summed E-state index contributed by atoms with van der Waals surface area (Å²) in [6.07, 6.45) is -0.0179. The number of nitrogens with zero attached hydrogens (tertiary/aromatic N) is 2. The molecule has 322 valence electrons. The molecule has 0 unspecified atom stereocenters. The van der Waals surface area contributed by atoms with E-state index < -0.39 is 53.8 Å². The molecule has 3 heterocycles. The number of amides is 6. The number of carbonyl (C=O) groups is 6. The lowest BCUT2D eigenvalue weighted by Gasteiger charge is -2.29. The zero-order chi connectivity index (χ0) is 44.1. The molecule has 4 atom stereocenters. The fourth-order valence-electron chi connectivity index (χ4n) is 7.84. The van der Waals surface area contributed by atoms with Crippen molar-refractivity contribution in [3.8, 4) is 11.3 Å². The second-order valence-electron chi connectivity index (χ2n) is 16.2. The van der Waals surface area contributed by atoms with E-state index in [-0.39, 0.29) is 11.8 Å². The van der Waals surface area contributed by atoms with Crippen LogP contribution in [0.15, 0.2) is 112 Å². The average Bonchev–Trinajstić information content (AvgIpc) is 4.02. The summed E-state index contributed by atoms with van der Waals surface area (Å²) in [5, 5.41) is 21.0. The Labute approximate surface area is 366 Å². The number of furan rings is 1. The molecule has 62 heavy (non-hydrogen) atoms. The second-order valence-corrected chi connectivity index (χ2v) is 17.0. The van der Waals surface area contributed by atoms with Crippen LogP contribution in [0, 0.1) is 0 Å². The number of nitrogens with one attached hydrogen (secondary N) is 4. The Hall–Kier alpha value is -6.68. The van der Waals surface area contributed by atoms with Gasteiger partial charge in [0.05, 0.1) is 4.47 Å². The first-order valence-electron chi connectivity index (χ1n) is 20.3. The summed E-state index contributed by atoms with van der Waals surface area (Å²) in [5.74, 6) is -1.15. The van der Waals surface area contributed by atoms with E-state index in [9.17, 15) is 33.9 Å². The first-order valence-corrected chi connectivity index (χ1v) is 21.1. The fourth-order valence-corrected chi connectivity index (χ4v) is 8.46. The minimum absolute atomic E-state index is 0.314. The van der Waals surface area contributed by atoms with Crippen LogP contribution in [0.5, 0.6) is 0 Å². The number of hydrogen-bond donors (Lipinski definition) is 5. The highest BCUT2D eigenvalue weighted by Crippen LogP contribution is 2.39. The van der Waals surface area contributed by atoms with Gasteiger partial charge in [-0.2, -0.15) is 0 Å². The summed E-state index contributed by atoms with van der Waals surface area (Å²) < 4.78 is 12.3. The van der Waals surface area contributed by atoms with E-state index in [1.54, 1.807) is 118 Å². The third-order valence-electron chi connectivity index (χ3n) is 10.7. The number of carboxylic acid groups (broad SMARTS) is 1. The summed E-state index contributed by atoms with van der Waals surface area (Å²) in [4.78, 5) is 82.3. The predicted molar refractivity (Wildman–Crippen MR) is 235 cm³/mol. The van der Waals surface area contributed by atoms with Crippen LogP contribution < -0.4 is 21.3 Å². The molecule has 2 aliphatic heterocycles. The Morgan fingerprint density at radius 2 is 1.21 bits per heavy atom. The monoisotopic (exact) mass is 906 g/mol. The maximum absolute atomic E-state index is 14.0. The van der Waals surface area contributed by atoms with Crippen molar-refractivity contribution in [2.45, 2.75) is 76.2 Å². The standard InChI is InChI=1S/C46H47BrN6O9/c1-46(2,3)62-45(60)51-38(28-14-8-5-9-15-28)43(57)53-25-11-17-34(53)41(55)49-31-22-23-35-32(26-31)36(47)39(61-35)29-18-20-30(21-19-29)48-40(54)33-16-10-24-52(33)42(56)37(50-44(58)59)27-12-6-4-7-13-27/h4-9,12-15,18-23,26,33-34,37-38,50H,10-11,16-17,24-25H2,1-3H3,(H,48,54)(H,49,55)(H,51,60)(H,58,59)/t33-,34-,37-,38-/m0/s1. The lowest BCUT2D eigenvalue weighted by Crippen LogP contribution is -2.49. The van der Waals surface area contributed by atoms with Gasteiger partial charge in [0.15, 0.2) is 0 Å². The van der Waals surface area contributed by atoms with Crippen molar-refractivity contribution in [3.05, 3.63) is 119 Å². The quantitative estimate of drug-likeness (QED) is 0.0872. The smallest absolute Gasteiger partial charge is 0.408 e. The highest BCUT2D eigenvalue weighted by molar-refractivity contribution is 9.10. The number of alkyl carbamates (subject to hydrolysis) is 1. The SMILES string of the molecule is CC(C)(C)OC(=O)N[C@H](C(=O)N1CCC[C@H]1C(=O)Nc1ccc2oc(-c3ccc(NC(=O)[C@@H]4CCCN4C(=O)[C@@H](NC(=O)O)c4ccccc4)cc3)c(Br)c2c1)c1ccccc1. The van der Waals surface area contributed by atoms with Gasteiger partial charge in [0, 0.05) is 35.4 Å². The van der Waals surface area contributed by atoms with Crippen LogP contribution in [0.3, 0.4) is 0 Å². The van der Waals surface area contributed by atoms with Gasteiger partial charge >= 0.3 is 12.2 Å². The Kier molecular flexibility index (Phi) is 13.0. The van der Waals surface area contributed by atoms with Crippen LogP contribution in [0.25, 0.3) is 22.3 Å². The van der Waals surface area contributed by atoms with Gasteiger partial charge in [0.2, 0.25) is 11.8 Å². The minimum atomic E-state index is -1.35. The van der Waals surface area contributed by atoms with Crippen molar-refractivity contribution < 1.29 is 43.0 Å². The predicted octanol–water partition coefficient (Wildman–Crippen LogP) is 8.00. The summed E-state index contributed by atoms with van der Waals surface area (Å²) in [5.41, 5.74) is 2.51. The van der Waals surface area contributed by atoms with E-state index in [4.69, 9.17) is 9.15 Å². The van der Waals surface area contributed by atoms with Crippen LogP contribution in [-0.4, -0.2) is 81.5 Å². The van der Waals surface area contributed by atoms with Gasteiger partial charge in [-0.25, -0.2) is 9.59 Å². The highest BCUT2D eigenvalue weighted by Gasteiger charge is 2.40. The van der Waals surface area contributed by atoms with Crippen molar-refractivity contribution in [3.63, 3.8) is 0 Å². The van der Waals surface area contributed by atoms with Gasteiger partial charge in [-0.05, 0) is 116 Å². The normalized spacial score (nSPS) is 17.2. The Morgan fingerprint density at radius 1 is 0.710 bits per heavy atom. The van der Waals surface area contributed by atoms with E-state index in [0.717, 1.165) is 0 Å². The molecule has 15 nitrogen and oxygen atoms in total. The average molecular weight is 908 g/mol. The van der Waals surface area contributed by atoms with Crippen molar-refractivity contribution >= 4 is 74.1 Å². The molecule has 5 N–H and O–H groups in total. The lowest BCUT2D eigenvalue weighted by atomic mass is 10.0. The number of halogens is 1. The number of likely N-dealkylation sites (tertiary alicyclic amines) is 2. The number of benzene rings is 4. The van der Waals surface area contributed by atoms with Crippen molar-refractivity contribution in [1.82, 2.24) is 20.4 Å². The van der Waals surface area contributed by atoms with E-state index in [0.29, 0.717) is 88.0 Å². The Balaban J connectivity index is 1.01. The minimum Gasteiger partial charge on any atom is -0.465 e. The topological polar surface area (TPSA) is 200 Å². The molecule has 0 radical (unpaired) electrons. The molecule has 2 saturated heterocycles. The zero-order valence-electron chi connectivity index (χ0n) is 34.4. The molecule has 16 heteroatoms. The van der Waals surface area contributed by atoms with Gasteiger partial charge in [-0.15, -0.1) is 0 Å².